The van der Waals surface area contributed by atoms with E-state index in [2.05, 4.69) is 92.6 Å². The number of carbonyl (C=O) groups is 1. The molecule has 1 aliphatic rings. The van der Waals surface area contributed by atoms with Gasteiger partial charge in [-0.25, -0.2) is 4.79 Å². The molecule has 0 amide bonds. The van der Waals surface area contributed by atoms with Gasteiger partial charge in [0.2, 0.25) is 0 Å². The number of rotatable bonds is 3. The lowest BCUT2D eigenvalue weighted by atomic mass is 9.78. The number of fused-ring (bicyclic) bond motifs is 3. The van der Waals surface area contributed by atoms with Crippen LogP contribution in [0.5, 0.6) is 11.5 Å². The number of methoxy groups -OCH3 is 1. The first-order valence-electron chi connectivity index (χ1n) is 12.8. The predicted molar refractivity (Wildman–Crippen MR) is 154 cm³/mol. The van der Waals surface area contributed by atoms with Gasteiger partial charge >= 0.3 is 14.3 Å². The maximum absolute atomic E-state index is 12.2. The molecule has 0 fully saturated rings. The quantitative estimate of drug-likeness (QED) is 0.258. The molecule has 1 atom stereocenters. The average molecular weight is 519 g/mol. The van der Waals surface area contributed by atoms with Gasteiger partial charge in [-0.15, -0.1) is 0 Å². The number of hydrogen-bond donors (Lipinski definition) is 0. The van der Waals surface area contributed by atoms with E-state index in [1.165, 1.54) is 18.2 Å². The highest BCUT2D eigenvalue weighted by Crippen LogP contribution is 2.54. The highest BCUT2D eigenvalue weighted by molar-refractivity contribution is 7.57. The van der Waals surface area contributed by atoms with Crippen LogP contribution in [0, 0.1) is 0 Å². The summed E-state index contributed by atoms with van der Waals surface area (Å²) in [5, 5.41) is 1.05. The van der Waals surface area contributed by atoms with Crippen LogP contribution in [0.15, 0.2) is 54.6 Å². The molecular weight excluding hydrogens is 479 g/mol. The van der Waals surface area contributed by atoms with Gasteiger partial charge < -0.3 is 13.8 Å². The zero-order valence-corrected chi connectivity index (χ0v) is 24.7. The average Bonchev–Trinajstić information content (AvgIpc) is 2.81. The van der Waals surface area contributed by atoms with E-state index in [1.54, 1.807) is 6.07 Å². The molecule has 4 nitrogen and oxygen atoms in total. The standard InChI is InChI=1S/C32H39O4P/c1-30(2,3)21-18-23-22-13-11-12-14-27(22)37(36-28(23)25(19-21)32(7,8)9)35-26-16-15-20(29(33)34-10)17-24(26)31(4,5)6/h11-19H,1-10H3. The summed E-state index contributed by atoms with van der Waals surface area (Å²) in [6.45, 7) is 19.8. The molecule has 4 rings (SSSR count). The van der Waals surface area contributed by atoms with Crippen molar-refractivity contribution in [2.24, 2.45) is 0 Å². The van der Waals surface area contributed by atoms with Crippen LogP contribution in [0.4, 0.5) is 0 Å². The first-order chi connectivity index (χ1) is 17.1. The Balaban J connectivity index is 1.87. The minimum absolute atomic E-state index is 0.00560. The lowest BCUT2D eigenvalue weighted by molar-refractivity contribution is 0.0600. The normalized spacial score (nSPS) is 15.4. The van der Waals surface area contributed by atoms with Crippen molar-refractivity contribution in [1.82, 2.24) is 0 Å². The second-order valence-electron chi connectivity index (χ2n) is 12.8. The Bertz CT molecular complexity index is 1340. The van der Waals surface area contributed by atoms with E-state index < -0.39 is 8.38 Å². The van der Waals surface area contributed by atoms with Crippen molar-refractivity contribution < 1.29 is 18.6 Å². The molecule has 3 aromatic rings. The van der Waals surface area contributed by atoms with Crippen LogP contribution in [0.2, 0.25) is 0 Å². The fraction of sp³-hybridized carbons (Fsp3) is 0.406. The number of hydrogen-bond acceptors (Lipinski definition) is 4. The van der Waals surface area contributed by atoms with E-state index in [9.17, 15) is 4.79 Å². The van der Waals surface area contributed by atoms with Gasteiger partial charge in [-0.2, -0.15) is 0 Å². The second-order valence-corrected chi connectivity index (χ2v) is 14.2. The van der Waals surface area contributed by atoms with Crippen LogP contribution in [-0.2, 0) is 21.0 Å². The minimum atomic E-state index is -1.46. The molecule has 0 saturated heterocycles. The molecule has 0 bridgehead atoms. The predicted octanol–water partition coefficient (Wildman–Crippen LogP) is 8.44. The molecule has 5 heteroatoms. The summed E-state index contributed by atoms with van der Waals surface area (Å²) in [5.74, 6) is 1.25. The van der Waals surface area contributed by atoms with E-state index in [0.29, 0.717) is 11.3 Å². The van der Waals surface area contributed by atoms with Crippen LogP contribution in [0.25, 0.3) is 11.1 Å². The van der Waals surface area contributed by atoms with Gasteiger partial charge in [0.05, 0.1) is 18.0 Å². The highest BCUT2D eigenvalue weighted by Gasteiger charge is 2.36. The Kier molecular flexibility index (Phi) is 6.97. The Morgan fingerprint density at radius 2 is 1.41 bits per heavy atom. The Hall–Kier alpha value is -2.84. The van der Waals surface area contributed by atoms with Gasteiger partial charge in [0.25, 0.3) is 0 Å². The molecule has 196 valence electrons. The monoisotopic (exact) mass is 518 g/mol. The third-order valence-corrected chi connectivity index (χ3v) is 8.21. The molecule has 0 aliphatic carbocycles. The van der Waals surface area contributed by atoms with E-state index >= 15 is 0 Å². The molecule has 0 spiro atoms. The molecule has 3 aromatic carbocycles. The first-order valence-corrected chi connectivity index (χ1v) is 14.0. The molecule has 1 aliphatic heterocycles. The van der Waals surface area contributed by atoms with E-state index in [1.807, 2.05) is 18.2 Å². The number of carbonyl (C=O) groups excluding carboxylic acids is 1. The summed E-state index contributed by atoms with van der Waals surface area (Å²) < 4.78 is 18.5. The second kappa shape index (κ2) is 9.48. The number of ether oxygens (including phenoxy) is 1. The summed E-state index contributed by atoms with van der Waals surface area (Å²) in [5.41, 5.74) is 5.81. The third kappa shape index (κ3) is 5.41. The van der Waals surface area contributed by atoms with E-state index in [-0.39, 0.29) is 22.2 Å². The third-order valence-electron chi connectivity index (χ3n) is 6.72. The summed E-state index contributed by atoms with van der Waals surface area (Å²) in [6, 6.07) is 18.5. The van der Waals surface area contributed by atoms with Crippen LogP contribution in [0.3, 0.4) is 0 Å². The van der Waals surface area contributed by atoms with Crippen molar-refractivity contribution >= 4 is 19.6 Å². The molecular formula is C32H39O4P. The van der Waals surface area contributed by atoms with Gasteiger partial charge in [-0.05, 0) is 57.7 Å². The molecule has 1 heterocycles. The van der Waals surface area contributed by atoms with E-state index in [4.69, 9.17) is 13.8 Å². The van der Waals surface area contributed by atoms with Crippen LogP contribution < -0.4 is 14.4 Å². The number of esters is 1. The van der Waals surface area contributed by atoms with Crippen LogP contribution in [-0.4, -0.2) is 13.1 Å². The van der Waals surface area contributed by atoms with Crippen molar-refractivity contribution in [2.75, 3.05) is 7.11 Å². The molecule has 1 unspecified atom stereocenters. The molecule has 37 heavy (non-hydrogen) atoms. The maximum Gasteiger partial charge on any atom is 0.337 e. The fourth-order valence-corrected chi connectivity index (χ4v) is 6.04. The van der Waals surface area contributed by atoms with Gasteiger partial charge in [0.1, 0.15) is 11.5 Å². The summed E-state index contributed by atoms with van der Waals surface area (Å²) in [4.78, 5) is 12.2. The summed E-state index contributed by atoms with van der Waals surface area (Å²) in [7, 11) is -0.0620. The van der Waals surface area contributed by atoms with Gasteiger partial charge in [-0.3, -0.25) is 0 Å². The summed E-state index contributed by atoms with van der Waals surface area (Å²) >= 11 is 0. The van der Waals surface area contributed by atoms with Crippen molar-refractivity contribution in [3.8, 4) is 22.6 Å². The smallest absolute Gasteiger partial charge is 0.337 e. The van der Waals surface area contributed by atoms with Gasteiger partial charge in [0, 0.05) is 16.7 Å². The lowest BCUT2D eigenvalue weighted by Gasteiger charge is -2.35. The molecule has 0 saturated carbocycles. The fourth-order valence-electron chi connectivity index (χ4n) is 4.51. The van der Waals surface area contributed by atoms with Gasteiger partial charge in [-0.1, -0.05) is 86.6 Å². The molecule has 0 aromatic heterocycles. The van der Waals surface area contributed by atoms with Crippen LogP contribution in [0.1, 0.15) is 89.4 Å². The zero-order chi connectivity index (χ0) is 27.3. The van der Waals surface area contributed by atoms with Crippen LogP contribution >= 0.6 is 8.38 Å². The summed E-state index contributed by atoms with van der Waals surface area (Å²) in [6.07, 6.45) is 0. The maximum atomic E-state index is 12.2. The van der Waals surface area contributed by atoms with Gasteiger partial charge in [0.15, 0.2) is 0 Å². The molecule has 0 N–H and O–H groups in total. The van der Waals surface area contributed by atoms with E-state index in [0.717, 1.165) is 27.7 Å². The molecule has 0 radical (unpaired) electrons. The Morgan fingerprint density at radius 1 is 0.757 bits per heavy atom. The first kappa shape index (κ1) is 27.2. The zero-order valence-electron chi connectivity index (χ0n) is 23.8. The highest BCUT2D eigenvalue weighted by atomic mass is 31.2. The van der Waals surface area contributed by atoms with Crippen molar-refractivity contribution in [1.29, 1.82) is 0 Å². The van der Waals surface area contributed by atoms with Crippen molar-refractivity contribution in [2.45, 2.75) is 78.6 Å². The minimum Gasteiger partial charge on any atom is -0.465 e. The Labute approximate surface area is 223 Å². The van der Waals surface area contributed by atoms with Crippen molar-refractivity contribution in [3.05, 3.63) is 76.9 Å². The SMILES string of the molecule is COC(=O)c1ccc(OP2Oc3c(cc(C(C)(C)C)cc3C(C)(C)C)-c3ccccc32)c(C(C)(C)C)c1. The Morgan fingerprint density at radius 3 is 2.00 bits per heavy atom. The number of benzene rings is 3. The largest absolute Gasteiger partial charge is 0.465 e. The lowest BCUT2D eigenvalue weighted by Crippen LogP contribution is -2.24. The van der Waals surface area contributed by atoms with Crippen molar-refractivity contribution in [3.63, 3.8) is 0 Å². The topological polar surface area (TPSA) is 44.8 Å².